The number of amides is 8. The lowest BCUT2D eigenvalue weighted by Crippen LogP contribution is -2.37. The molecule has 1 unspecified atom stereocenters. The van der Waals surface area contributed by atoms with Gasteiger partial charge in [0.05, 0.1) is 64.5 Å². The van der Waals surface area contributed by atoms with Crippen LogP contribution in [0.15, 0.2) is 24.3 Å². The Balaban J connectivity index is 1.22. The summed E-state index contributed by atoms with van der Waals surface area (Å²) < 4.78 is 25.7. The molecule has 0 spiro atoms. The molecule has 410 valence electrons. The lowest BCUT2D eigenvalue weighted by molar-refractivity contribution is -0.139. The lowest BCUT2D eigenvalue weighted by Gasteiger charge is -2.16. The highest BCUT2D eigenvalue weighted by Gasteiger charge is 2.58. The summed E-state index contributed by atoms with van der Waals surface area (Å²) in [6.45, 7) is 0.835. The summed E-state index contributed by atoms with van der Waals surface area (Å²) in [6, 6.07) is 6.84. The molecule has 1 aromatic rings. The fourth-order valence-electron chi connectivity index (χ4n) is 6.79. The summed E-state index contributed by atoms with van der Waals surface area (Å²) in [5, 5.41) is 9.51. The van der Waals surface area contributed by atoms with Crippen LogP contribution >= 0.6 is 33.3 Å². The van der Waals surface area contributed by atoms with Crippen molar-refractivity contribution in [2.45, 2.75) is 80.0 Å². The molecule has 0 bridgehead atoms. The zero-order chi connectivity index (χ0) is 54.3. The number of primary amides is 2. The Hall–Kier alpha value is -5.29. The van der Waals surface area contributed by atoms with Gasteiger partial charge in [0, 0.05) is 95.4 Å². The Bertz CT molecular complexity index is 2110. The number of nitrogens with one attached hydrogen (secondary N) is 4. The van der Waals surface area contributed by atoms with Gasteiger partial charge in [-0.3, -0.25) is 62.4 Å². The number of nitrogens with zero attached hydrogens (tertiary/aromatic N) is 1. The molecule has 1 aromatic carbocycles. The number of anilines is 1. The number of likely N-dealkylation sites (tertiary alicyclic amines) is 1. The molecule has 2 saturated heterocycles. The van der Waals surface area contributed by atoms with Gasteiger partial charge < -0.3 is 56.4 Å². The highest BCUT2D eigenvalue weighted by molar-refractivity contribution is 8.94. The second-order valence-corrected chi connectivity index (χ2v) is 20.9. The molecule has 0 saturated carbocycles. The molecule has 74 heavy (non-hydrogen) atoms. The molecule has 8 amide bonds. The van der Waals surface area contributed by atoms with Crippen LogP contribution in [0, 0.1) is 5.92 Å². The van der Waals surface area contributed by atoms with E-state index in [0.29, 0.717) is 57.6 Å². The molecule has 0 aromatic heterocycles. The maximum absolute atomic E-state index is 13.0. The van der Waals surface area contributed by atoms with Gasteiger partial charge in [0.25, 0.3) is 5.91 Å². The van der Waals surface area contributed by atoms with Crippen LogP contribution in [0.5, 0.6) is 0 Å². The summed E-state index contributed by atoms with van der Waals surface area (Å²) in [4.78, 5) is 148. The molecule has 0 aliphatic carbocycles. The number of ether oxygens (including phenoxy) is 5. The normalized spacial score (nSPS) is 15.0. The summed E-state index contributed by atoms with van der Waals surface area (Å²) >= 11 is 1.09. The minimum absolute atomic E-state index is 0.0483. The third kappa shape index (κ3) is 25.3. The molecule has 2 fully saturated rings. The number of thioether (sulfide) groups is 1. The first-order valence-corrected chi connectivity index (χ1v) is 27.2. The number of nitrogens with two attached hydrogens (primary N) is 2. The van der Waals surface area contributed by atoms with Crippen molar-refractivity contribution in [1.82, 2.24) is 20.9 Å². The Labute approximate surface area is 440 Å². The van der Waals surface area contributed by atoms with E-state index in [-0.39, 0.29) is 108 Å². The van der Waals surface area contributed by atoms with Crippen molar-refractivity contribution in [2.24, 2.45) is 17.4 Å². The van der Waals surface area contributed by atoms with Gasteiger partial charge in [-0.25, -0.2) is 0 Å². The Kier molecular flexibility index (Phi) is 29.8. The molecule has 3 rings (SSSR count). The van der Waals surface area contributed by atoms with E-state index < -0.39 is 87.8 Å². The minimum atomic E-state index is -1.15. The quantitative estimate of drug-likeness (QED) is 0.0159. The molecule has 0 radical (unpaired) electrons. The molecule has 24 nitrogen and oxygen atoms in total. The van der Waals surface area contributed by atoms with E-state index in [9.17, 15) is 57.5 Å². The van der Waals surface area contributed by atoms with E-state index in [4.69, 9.17) is 35.2 Å². The number of rotatable bonds is 43. The van der Waals surface area contributed by atoms with Gasteiger partial charge in [-0.15, -0.1) is 11.8 Å². The summed E-state index contributed by atoms with van der Waals surface area (Å²) in [5.41, 5.74) is 11.8. The van der Waals surface area contributed by atoms with Crippen LogP contribution in [0.4, 0.5) is 5.69 Å². The maximum Gasteiger partial charge on any atom is 0.253 e. The lowest BCUT2D eigenvalue weighted by atomic mass is 9.94. The van der Waals surface area contributed by atoms with Crippen LogP contribution in [-0.4, -0.2) is 183 Å². The largest absolute Gasteiger partial charge is 0.379 e. The molecule has 2 heterocycles. The predicted molar refractivity (Wildman–Crippen MR) is 272 cm³/mol. The molecular weight excluding hydrogens is 1030 g/mol. The molecule has 2 aliphatic rings. The van der Waals surface area contributed by atoms with Gasteiger partial charge in [0.2, 0.25) is 45.4 Å². The molecule has 27 heteroatoms. The van der Waals surface area contributed by atoms with Crippen molar-refractivity contribution in [3.05, 3.63) is 29.8 Å². The average Bonchev–Trinajstić information content (AvgIpc) is 4.14. The number of aryl methyl sites for hydroxylation is 1. The van der Waals surface area contributed by atoms with Crippen molar-refractivity contribution >= 4 is 109 Å². The van der Waals surface area contributed by atoms with Gasteiger partial charge >= 0.3 is 0 Å². The zero-order valence-corrected chi connectivity index (χ0v) is 43.9. The molecule has 2 atom stereocenters. The number of hydrogen-bond donors (Lipinski definition) is 6. The monoisotopic (exact) mass is 1100 g/mol. The first-order valence-electron chi connectivity index (χ1n) is 24.0. The Morgan fingerprint density at radius 2 is 1.35 bits per heavy atom. The Morgan fingerprint density at radius 1 is 0.716 bits per heavy atom. The third-order valence-electron chi connectivity index (χ3n) is 10.9. The second kappa shape index (κ2) is 35.1. The zero-order valence-electron chi connectivity index (χ0n) is 41.4. The van der Waals surface area contributed by atoms with Crippen LogP contribution < -0.4 is 32.7 Å². The van der Waals surface area contributed by atoms with Crippen LogP contribution in [0.25, 0.3) is 0 Å². The number of hydrogen-bond acceptors (Lipinski definition) is 20. The standard InChI is InChI=1S/C47H67N7O17S3/c1-50-40(60)4-2-3-34(55)10-7-31-5-8-33(9-6-31)53-43(63)30-71-29-42(62)52-28-32(36(57)26-39(48)59)25-35(56)13-24-72-37-27-44(64)54(45(37)65)15-11-41(61)51-14-17-68-19-21-70-23-22-69-20-18-67-16-12-38(58)47(46(49)66)73-74-47/h5-6,8-9,32,37H,2-4,7,10-30H2,1H3,(H2,48,59)(H2,49,66)(H,50,60)(H,51,61)(H,52,62)(H,53,63)/t32-,37?/m1/s1. The molecular formula is C47H67N7O17S3. The second-order valence-electron chi connectivity index (χ2n) is 16.7. The SMILES string of the molecule is CNC(=O)CCCC(=O)CCc1ccc(NC(=O)COCC(=O)NC[C@@H](CC(=O)CCSC2CC(=O)N(CCC(=O)NCCOCCOCCOCCOCCC(=O)C3(C(N)=O)SS3)C2=O)C(=O)CC(N)=O)cc1. The number of carbonyl (C=O) groups is 12. The van der Waals surface area contributed by atoms with Crippen LogP contribution in [-0.2, 0) is 87.6 Å². The first kappa shape index (κ1) is 63.0. The average molecular weight is 1100 g/mol. The number of ketones is 4. The minimum Gasteiger partial charge on any atom is -0.379 e. The van der Waals surface area contributed by atoms with E-state index in [1.165, 1.54) is 0 Å². The first-order chi connectivity index (χ1) is 35.4. The summed E-state index contributed by atoms with van der Waals surface area (Å²) in [7, 11) is 3.84. The van der Waals surface area contributed by atoms with E-state index in [1.54, 1.807) is 31.3 Å². The van der Waals surface area contributed by atoms with Crippen LogP contribution in [0.1, 0.15) is 69.8 Å². The van der Waals surface area contributed by atoms with Gasteiger partial charge in [0.1, 0.15) is 30.6 Å². The predicted octanol–water partition coefficient (Wildman–Crippen LogP) is -0.445. The fraction of sp³-hybridized carbons (Fsp3) is 0.617. The molecule has 8 N–H and O–H groups in total. The number of carbonyl (C=O) groups excluding carboxylic acids is 12. The number of Topliss-reactive ketones (excluding diaryl/α,β-unsaturated/α-hetero) is 4. The van der Waals surface area contributed by atoms with Crippen molar-refractivity contribution < 1.29 is 81.2 Å². The van der Waals surface area contributed by atoms with Gasteiger partial charge in [-0.05, 0) is 30.5 Å². The number of imide groups is 1. The third-order valence-corrected chi connectivity index (χ3v) is 15.0. The number of benzene rings is 1. The van der Waals surface area contributed by atoms with Crippen molar-refractivity contribution in [3.8, 4) is 0 Å². The van der Waals surface area contributed by atoms with E-state index in [1.807, 2.05) is 0 Å². The van der Waals surface area contributed by atoms with E-state index in [0.717, 1.165) is 43.8 Å². The van der Waals surface area contributed by atoms with Gasteiger partial charge in [-0.2, -0.15) is 0 Å². The van der Waals surface area contributed by atoms with Crippen molar-refractivity contribution in [1.29, 1.82) is 0 Å². The summed E-state index contributed by atoms with van der Waals surface area (Å²) in [5.74, 6) is -6.50. The summed E-state index contributed by atoms with van der Waals surface area (Å²) in [6.07, 6.45) is 0.666. The maximum atomic E-state index is 13.0. The fourth-order valence-corrected chi connectivity index (χ4v) is 9.89. The van der Waals surface area contributed by atoms with Gasteiger partial charge in [-0.1, -0.05) is 33.7 Å². The van der Waals surface area contributed by atoms with Crippen molar-refractivity contribution in [2.75, 3.05) is 104 Å². The van der Waals surface area contributed by atoms with E-state index in [2.05, 4.69) is 21.3 Å². The highest BCUT2D eigenvalue weighted by atomic mass is 33.2. The topological polar surface area (TPSA) is 354 Å². The van der Waals surface area contributed by atoms with Crippen LogP contribution in [0.3, 0.4) is 0 Å². The Morgan fingerprint density at radius 3 is 1.97 bits per heavy atom. The smallest absolute Gasteiger partial charge is 0.253 e. The van der Waals surface area contributed by atoms with Crippen LogP contribution in [0.2, 0.25) is 0 Å². The molecule has 2 aliphatic heterocycles. The van der Waals surface area contributed by atoms with E-state index >= 15 is 0 Å². The highest BCUT2D eigenvalue weighted by Crippen LogP contribution is 2.65. The van der Waals surface area contributed by atoms with Gasteiger partial charge in [0.15, 0.2) is 5.78 Å². The van der Waals surface area contributed by atoms with Crippen molar-refractivity contribution in [3.63, 3.8) is 0 Å².